The van der Waals surface area contributed by atoms with Gasteiger partial charge in [-0.05, 0) is 53.9 Å². The molecule has 3 nitrogen and oxygen atoms in total. The Morgan fingerprint density at radius 3 is 2.50 bits per heavy atom. The standard InChI is InChI=1S/C20H12BrFN2OS/c21-13-7-9-14(10-8-13)24-19(16-5-1-2-6-17(16)22)23-18(20(24)25)12-15-4-3-11-26-15/h1-12H/b18-12+. The van der Waals surface area contributed by atoms with Crippen molar-refractivity contribution in [3.05, 3.63) is 92.5 Å². The van der Waals surface area contributed by atoms with Gasteiger partial charge in [0, 0.05) is 9.35 Å². The van der Waals surface area contributed by atoms with E-state index in [1.165, 1.54) is 22.3 Å². The number of amides is 1. The van der Waals surface area contributed by atoms with Crippen LogP contribution in [-0.4, -0.2) is 11.7 Å². The van der Waals surface area contributed by atoms with E-state index in [9.17, 15) is 9.18 Å². The number of anilines is 1. The zero-order valence-electron chi connectivity index (χ0n) is 13.4. The highest BCUT2D eigenvalue weighted by Crippen LogP contribution is 2.30. The monoisotopic (exact) mass is 426 g/mol. The van der Waals surface area contributed by atoms with Gasteiger partial charge in [0.2, 0.25) is 0 Å². The molecule has 0 spiro atoms. The molecule has 0 bridgehead atoms. The summed E-state index contributed by atoms with van der Waals surface area (Å²) >= 11 is 4.90. The SMILES string of the molecule is O=C1/C(=C\c2cccs2)N=C(c2ccccc2F)N1c1ccc(Br)cc1. The minimum atomic E-state index is -0.418. The Bertz CT molecular complexity index is 1030. The lowest BCUT2D eigenvalue weighted by atomic mass is 10.1. The molecule has 3 aromatic rings. The van der Waals surface area contributed by atoms with Crippen LogP contribution in [0, 0.1) is 5.82 Å². The predicted octanol–water partition coefficient (Wildman–Crippen LogP) is 5.48. The van der Waals surface area contributed by atoms with Crippen molar-refractivity contribution >= 4 is 50.8 Å². The van der Waals surface area contributed by atoms with Gasteiger partial charge < -0.3 is 0 Å². The third-order valence-electron chi connectivity index (χ3n) is 3.88. The van der Waals surface area contributed by atoms with Crippen molar-refractivity contribution in [3.8, 4) is 0 Å². The van der Waals surface area contributed by atoms with Crippen LogP contribution in [0.1, 0.15) is 10.4 Å². The second-order valence-corrected chi connectivity index (χ2v) is 7.47. The van der Waals surface area contributed by atoms with E-state index in [0.717, 1.165) is 9.35 Å². The van der Waals surface area contributed by atoms with E-state index in [0.29, 0.717) is 17.1 Å². The van der Waals surface area contributed by atoms with Gasteiger partial charge in [0.25, 0.3) is 5.91 Å². The molecule has 0 unspecified atom stereocenters. The van der Waals surface area contributed by atoms with Gasteiger partial charge in [-0.25, -0.2) is 9.38 Å². The molecular weight excluding hydrogens is 415 g/mol. The molecular formula is C20H12BrFN2OS. The number of rotatable bonds is 3. The Morgan fingerprint density at radius 1 is 1.04 bits per heavy atom. The van der Waals surface area contributed by atoms with Gasteiger partial charge in [-0.2, -0.15) is 0 Å². The van der Waals surface area contributed by atoms with Crippen LogP contribution in [0.3, 0.4) is 0 Å². The summed E-state index contributed by atoms with van der Waals surface area (Å²) in [6, 6.07) is 17.4. The van der Waals surface area contributed by atoms with E-state index >= 15 is 0 Å². The van der Waals surface area contributed by atoms with Crippen molar-refractivity contribution in [2.45, 2.75) is 0 Å². The average molecular weight is 427 g/mol. The third kappa shape index (κ3) is 3.13. The second-order valence-electron chi connectivity index (χ2n) is 5.58. The van der Waals surface area contributed by atoms with Gasteiger partial charge in [-0.1, -0.05) is 34.1 Å². The van der Waals surface area contributed by atoms with Crippen molar-refractivity contribution in [3.63, 3.8) is 0 Å². The van der Waals surface area contributed by atoms with Crippen molar-refractivity contribution in [2.75, 3.05) is 4.90 Å². The molecule has 1 aromatic heterocycles. The fourth-order valence-electron chi connectivity index (χ4n) is 2.68. The first kappa shape index (κ1) is 16.9. The number of hydrogen-bond acceptors (Lipinski definition) is 3. The fourth-order valence-corrected chi connectivity index (χ4v) is 3.59. The Labute approximate surface area is 162 Å². The number of thiophene rings is 1. The lowest BCUT2D eigenvalue weighted by Gasteiger charge is -2.19. The molecule has 0 fully saturated rings. The van der Waals surface area contributed by atoms with Crippen LogP contribution in [0.2, 0.25) is 0 Å². The van der Waals surface area contributed by atoms with Gasteiger partial charge in [0.1, 0.15) is 11.5 Å². The van der Waals surface area contributed by atoms with E-state index in [4.69, 9.17) is 0 Å². The summed E-state index contributed by atoms with van der Waals surface area (Å²) in [6.07, 6.45) is 1.73. The summed E-state index contributed by atoms with van der Waals surface area (Å²) in [5.74, 6) is -0.407. The third-order valence-corrected chi connectivity index (χ3v) is 5.23. The predicted molar refractivity (Wildman–Crippen MR) is 107 cm³/mol. The van der Waals surface area contributed by atoms with Crippen LogP contribution in [0.15, 0.2) is 81.2 Å². The van der Waals surface area contributed by atoms with Crippen LogP contribution in [0.5, 0.6) is 0 Å². The summed E-state index contributed by atoms with van der Waals surface area (Å²) in [7, 11) is 0. The number of carbonyl (C=O) groups is 1. The molecule has 0 radical (unpaired) electrons. The molecule has 0 aliphatic carbocycles. The molecule has 2 heterocycles. The number of carbonyl (C=O) groups excluding carboxylic acids is 1. The number of aliphatic imine (C=N–C) groups is 1. The van der Waals surface area contributed by atoms with Gasteiger partial charge in [-0.15, -0.1) is 11.3 Å². The highest BCUT2D eigenvalue weighted by atomic mass is 79.9. The number of amidine groups is 1. The molecule has 26 heavy (non-hydrogen) atoms. The van der Waals surface area contributed by atoms with E-state index in [-0.39, 0.29) is 11.6 Å². The molecule has 4 rings (SSSR count). The number of benzene rings is 2. The van der Waals surface area contributed by atoms with E-state index in [1.54, 1.807) is 36.4 Å². The van der Waals surface area contributed by atoms with Crippen LogP contribution in [-0.2, 0) is 4.79 Å². The van der Waals surface area contributed by atoms with Crippen LogP contribution in [0.25, 0.3) is 6.08 Å². The Hall–Kier alpha value is -2.57. The van der Waals surface area contributed by atoms with E-state index in [1.807, 2.05) is 29.6 Å². The van der Waals surface area contributed by atoms with Gasteiger partial charge in [0.15, 0.2) is 5.84 Å². The summed E-state index contributed by atoms with van der Waals surface area (Å²) in [6.45, 7) is 0. The second kappa shape index (κ2) is 6.97. The molecule has 1 aliphatic rings. The molecule has 2 aromatic carbocycles. The maximum absolute atomic E-state index is 14.4. The highest BCUT2D eigenvalue weighted by Gasteiger charge is 2.33. The normalized spacial score (nSPS) is 15.6. The summed E-state index contributed by atoms with van der Waals surface area (Å²) in [4.78, 5) is 19.9. The van der Waals surface area contributed by atoms with Gasteiger partial charge in [-0.3, -0.25) is 9.69 Å². The molecule has 0 saturated heterocycles. The first-order chi connectivity index (χ1) is 12.6. The number of nitrogens with zero attached hydrogens (tertiary/aromatic N) is 2. The Balaban J connectivity index is 1.86. The van der Waals surface area contributed by atoms with Crippen molar-refractivity contribution < 1.29 is 9.18 Å². The molecule has 0 N–H and O–H groups in total. The van der Waals surface area contributed by atoms with Gasteiger partial charge >= 0.3 is 0 Å². The van der Waals surface area contributed by atoms with E-state index < -0.39 is 5.82 Å². The summed E-state index contributed by atoms with van der Waals surface area (Å²) in [5.41, 5.74) is 1.21. The maximum Gasteiger partial charge on any atom is 0.282 e. The smallest absolute Gasteiger partial charge is 0.266 e. The molecule has 1 amide bonds. The van der Waals surface area contributed by atoms with Crippen molar-refractivity contribution in [1.29, 1.82) is 0 Å². The van der Waals surface area contributed by atoms with Gasteiger partial charge in [0.05, 0.1) is 11.3 Å². The zero-order chi connectivity index (χ0) is 18.1. The van der Waals surface area contributed by atoms with Crippen LogP contribution < -0.4 is 4.90 Å². The quantitative estimate of drug-likeness (QED) is 0.510. The number of hydrogen-bond donors (Lipinski definition) is 0. The lowest BCUT2D eigenvalue weighted by Crippen LogP contribution is -2.33. The van der Waals surface area contributed by atoms with E-state index in [2.05, 4.69) is 20.9 Å². The Kier molecular flexibility index (Phi) is 4.53. The largest absolute Gasteiger partial charge is 0.282 e. The molecule has 0 saturated carbocycles. The summed E-state index contributed by atoms with van der Waals surface area (Å²) < 4.78 is 15.3. The highest BCUT2D eigenvalue weighted by molar-refractivity contribution is 9.10. The summed E-state index contributed by atoms with van der Waals surface area (Å²) in [5, 5.41) is 1.93. The molecule has 0 atom stereocenters. The fraction of sp³-hybridized carbons (Fsp3) is 0. The average Bonchev–Trinajstić information content (AvgIpc) is 3.26. The Morgan fingerprint density at radius 2 is 1.81 bits per heavy atom. The maximum atomic E-state index is 14.4. The minimum Gasteiger partial charge on any atom is -0.266 e. The van der Waals surface area contributed by atoms with Crippen LogP contribution in [0.4, 0.5) is 10.1 Å². The van der Waals surface area contributed by atoms with Crippen LogP contribution >= 0.6 is 27.3 Å². The lowest BCUT2D eigenvalue weighted by molar-refractivity contribution is -0.113. The number of halogens is 2. The van der Waals surface area contributed by atoms with Crippen molar-refractivity contribution in [2.24, 2.45) is 4.99 Å². The molecule has 128 valence electrons. The minimum absolute atomic E-state index is 0.279. The first-order valence-electron chi connectivity index (χ1n) is 7.82. The topological polar surface area (TPSA) is 32.7 Å². The zero-order valence-corrected chi connectivity index (χ0v) is 15.8. The first-order valence-corrected chi connectivity index (χ1v) is 9.49. The van der Waals surface area contributed by atoms with Crippen molar-refractivity contribution in [1.82, 2.24) is 0 Å². The molecule has 1 aliphatic heterocycles. The molecule has 6 heteroatoms.